The van der Waals surface area contributed by atoms with Gasteiger partial charge < -0.3 is 4.74 Å². The van der Waals surface area contributed by atoms with Crippen LogP contribution in [-0.4, -0.2) is 35.1 Å². The molecule has 29 heavy (non-hydrogen) atoms. The molecule has 12 heteroatoms. The number of aromatic nitrogens is 4. The number of nitrogens with one attached hydrogen (secondary N) is 1. The van der Waals surface area contributed by atoms with E-state index in [9.17, 15) is 17.2 Å². The van der Waals surface area contributed by atoms with E-state index in [1.807, 2.05) is 6.92 Å². The van der Waals surface area contributed by atoms with Gasteiger partial charge in [-0.15, -0.1) is 0 Å². The summed E-state index contributed by atoms with van der Waals surface area (Å²) in [4.78, 5) is 8.39. The smallest absolute Gasteiger partial charge is 0.264 e. The lowest BCUT2D eigenvalue weighted by Gasteiger charge is -2.12. The second kappa shape index (κ2) is 7.04. The van der Waals surface area contributed by atoms with Crippen molar-refractivity contribution in [3.8, 4) is 16.5 Å². The number of pyridine rings is 1. The zero-order valence-electron chi connectivity index (χ0n) is 15.1. The third kappa shape index (κ3) is 3.63. The van der Waals surface area contributed by atoms with Crippen LogP contribution in [-0.2, 0) is 10.0 Å². The third-order valence-electron chi connectivity index (χ3n) is 3.88. The topological polar surface area (TPSA) is 98.5 Å². The van der Waals surface area contributed by atoms with Gasteiger partial charge in [-0.3, -0.25) is 4.72 Å². The number of ether oxygens (including phenoxy) is 1. The van der Waals surface area contributed by atoms with E-state index in [1.165, 1.54) is 30.7 Å². The molecular formula is C17H13F2N5O3S2. The Morgan fingerprint density at radius 3 is 2.72 bits per heavy atom. The number of hydrogen-bond donors (Lipinski definition) is 1. The van der Waals surface area contributed by atoms with Crippen LogP contribution in [0.25, 0.3) is 15.5 Å². The normalized spacial score (nSPS) is 11.7. The van der Waals surface area contributed by atoms with Crippen LogP contribution in [0.1, 0.15) is 5.69 Å². The van der Waals surface area contributed by atoms with Crippen LogP contribution >= 0.6 is 11.3 Å². The maximum absolute atomic E-state index is 14.0. The highest BCUT2D eigenvalue weighted by atomic mass is 32.2. The molecule has 0 aliphatic rings. The monoisotopic (exact) mass is 437 g/mol. The molecule has 0 bridgehead atoms. The van der Waals surface area contributed by atoms with Crippen molar-refractivity contribution in [3.05, 3.63) is 54.0 Å². The fraction of sp³-hybridized carbons (Fsp3) is 0.118. The standard InChI is InChI=1S/C17H13F2N5O3S2/c1-9-8-24-17(21-9)28-16(22-24)10-5-13(15(27-2)20-7-10)23-29(25,26)14-4-3-11(18)6-12(14)19/h3-8,23H,1-2H3. The third-order valence-corrected chi connectivity index (χ3v) is 6.25. The van der Waals surface area contributed by atoms with Gasteiger partial charge in [0.25, 0.3) is 10.0 Å². The number of halogens is 2. The largest absolute Gasteiger partial charge is 0.480 e. The molecule has 0 radical (unpaired) electrons. The van der Waals surface area contributed by atoms with Crippen molar-refractivity contribution in [2.45, 2.75) is 11.8 Å². The first-order valence-corrected chi connectivity index (χ1v) is 10.4. The van der Waals surface area contributed by atoms with Crippen molar-refractivity contribution < 1.29 is 21.9 Å². The van der Waals surface area contributed by atoms with Gasteiger partial charge in [0.1, 0.15) is 27.2 Å². The van der Waals surface area contributed by atoms with Crippen molar-refractivity contribution in [2.24, 2.45) is 0 Å². The van der Waals surface area contributed by atoms with Crippen LogP contribution < -0.4 is 9.46 Å². The Labute approximate surface area is 167 Å². The number of methoxy groups -OCH3 is 1. The Kier molecular flexibility index (Phi) is 4.67. The minimum Gasteiger partial charge on any atom is -0.480 e. The van der Waals surface area contributed by atoms with Crippen molar-refractivity contribution in [2.75, 3.05) is 11.8 Å². The van der Waals surface area contributed by atoms with E-state index in [0.29, 0.717) is 21.6 Å². The maximum Gasteiger partial charge on any atom is 0.264 e. The Balaban J connectivity index is 1.74. The summed E-state index contributed by atoms with van der Waals surface area (Å²) in [7, 11) is -3.04. The summed E-state index contributed by atoms with van der Waals surface area (Å²) in [6.45, 7) is 1.84. The molecule has 0 aliphatic heterocycles. The average Bonchev–Trinajstić information content (AvgIpc) is 3.18. The summed E-state index contributed by atoms with van der Waals surface area (Å²) < 4.78 is 61.2. The molecule has 4 aromatic rings. The first-order valence-electron chi connectivity index (χ1n) is 8.12. The van der Waals surface area contributed by atoms with E-state index in [0.717, 1.165) is 17.8 Å². The van der Waals surface area contributed by atoms with E-state index in [1.54, 1.807) is 10.7 Å². The summed E-state index contributed by atoms with van der Waals surface area (Å²) in [5.41, 5.74) is 1.31. The van der Waals surface area contributed by atoms with Gasteiger partial charge in [0.05, 0.1) is 19.0 Å². The lowest BCUT2D eigenvalue weighted by Crippen LogP contribution is -2.15. The fourth-order valence-electron chi connectivity index (χ4n) is 2.62. The molecule has 4 rings (SSSR count). The van der Waals surface area contributed by atoms with Crippen molar-refractivity contribution in [1.82, 2.24) is 19.6 Å². The molecule has 3 aromatic heterocycles. The highest BCUT2D eigenvalue weighted by Gasteiger charge is 2.22. The van der Waals surface area contributed by atoms with E-state index in [-0.39, 0.29) is 11.6 Å². The van der Waals surface area contributed by atoms with E-state index >= 15 is 0 Å². The van der Waals surface area contributed by atoms with Crippen LogP contribution in [0.4, 0.5) is 14.5 Å². The minimum atomic E-state index is -4.36. The van der Waals surface area contributed by atoms with Crippen molar-refractivity contribution in [3.63, 3.8) is 0 Å². The van der Waals surface area contributed by atoms with Gasteiger partial charge in [-0.2, -0.15) is 5.10 Å². The number of sulfonamides is 1. The number of aryl methyl sites for hydroxylation is 1. The molecule has 0 aliphatic carbocycles. The van der Waals surface area contributed by atoms with Crippen molar-refractivity contribution >= 4 is 32.0 Å². The lowest BCUT2D eigenvalue weighted by atomic mass is 10.3. The molecule has 0 fully saturated rings. The Hall–Kier alpha value is -3.12. The van der Waals surface area contributed by atoms with Gasteiger partial charge in [0.2, 0.25) is 10.8 Å². The molecule has 1 N–H and O–H groups in total. The minimum absolute atomic E-state index is 0.0160. The molecule has 0 saturated heterocycles. The summed E-state index contributed by atoms with van der Waals surface area (Å²) in [6, 6.07) is 3.66. The zero-order chi connectivity index (χ0) is 20.8. The van der Waals surface area contributed by atoms with E-state index in [2.05, 4.69) is 19.8 Å². The van der Waals surface area contributed by atoms with Gasteiger partial charge in [-0.05, 0) is 25.1 Å². The number of benzene rings is 1. The van der Waals surface area contributed by atoms with Crippen LogP contribution in [0.3, 0.4) is 0 Å². The summed E-state index contributed by atoms with van der Waals surface area (Å²) in [6.07, 6.45) is 3.23. The summed E-state index contributed by atoms with van der Waals surface area (Å²) >= 11 is 1.29. The maximum atomic E-state index is 14.0. The molecule has 0 saturated carbocycles. The highest BCUT2D eigenvalue weighted by molar-refractivity contribution is 7.92. The van der Waals surface area contributed by atoms with Crippen molar-refractivity contribution in [1.29, 1.82) is 0 Å². The van der Waals surface area contributed by atoms with Crippen LogP contribution in [0.5, 0.6) is 5.88 Å². The number of hydrogen-bond acceptors (Lipinski definition) is 7. The molecule has 1 aromatic carbocycles. The summed E-state index contributed by atoms with van der Waals surface area (Å²) in [5.74, 6) is -2.11. The van der Waals surface area contributed by atoms with Gasteiger partial charge in [-0.25, -0.2) is 31.7 Å². The van der Waals surface area contributed by atoms with Gasteiger partial charge in [0, 0.05) is 17.8 Å². The van der Waals surface area contributed by atoms with E-state index in [4.69, 9.17) is 4.74 Å². The van der Waals surface area contributed by atoms with Gasteiger partial charge in [-0.1, -0.05) is 11.3 Å². The van der Waals surface area contributed by atoms with Crippen LogP contribution in [0.2, 0.25) is 0 Å². The molecule has 0 atom stereocenters. The average molecular weight is 437 g/mol. The molecular weight excluding hydrogens is 424 g/mol. The second-order valence-electron chi connectivity index (χ2n) is 5.98. The van der Waals surface area contributed by atoms with E-state index < -0.39 is 26.6 Å². The zero-order valence-corrected chi connectivity index (χ0v) is 16.7. The lowest BCUT2D eigenvalue weighted by molar-refractivity contribution is 0.400. The molecule has 8 nitrogen and oxygen atoms in total. The number of rotatable bonds is 5. The Morgan fingerprint density at radius 2 is 2.03 bits per heavy atom. The number of imidazole rings is 1. The second-order valence-corrected chi connectivity index (χ2v) is 8.58. The molecule has 150 valence electrons. The molecule has 0 amide bonds. The Morgan fingerprint density at radius 1 is 1.24 bits per heavy atom. The first kappa shape index (κ1) is 19.2. The molecule has 3 heterocycles. The van der Waals surface area contributed by atoms with Gasteiger partial charge in [0.15, 0.2) is 0 Å². The number of nitrogens with zero attached hydrogens (tertiary/aromatic N) is 4. The highest BCUT2D eigenvalue weighted by Crippen LogP contribution is 2.32. The predicted molar refractivity (Wildman–Crippen MR) is 103 cm³/mol. The fourth-order valence-corrected chi connectivity index (χ4v) is 4.64. The number of fused-ring (bicyclic) bond motifs is 1. The van der Waals surface area contributed by atoms with Crippen LogP contribution in [0.15, 0.2) is 41.6 Å². The van der Waals surface area contributed by atoms with Gasteiger partial charge >= 0.3 is 0 Å². The quantitative estimate of drug-likeness (QED) is 0.515. The number of anilines is 1. The molecule has 0 spiro atoms. The SMILES string of the molecule is COc1ncc(-c2nn3cc(C)nc3s2)cc1NS(=O)(=O)c1ccc(F)cc1F. The first-order chi connectivity index (χ1) is 13.8. The Bertz CT molecular complexity index is 1300. The van der Waals surface area contributed by atoms with Crippen LogP contribution in [0, 0.1) is 18.6 Å². The summed E-state index contributed by atoms with van der Waals surface area (Å²) in [5, 5.41) is 4.94. The molecule has 0 unspecified atom stereocenters. The predicted octanol–water partition coefficient (Wildman–Crippen LogP) is 3.25.